The van der Waals surface area contributed by atoms with E-state index in [1.807, 2.05) is 24.3 Å². The van der Waals surface area contributed by atoms with E-state index >= 15 is 0 Å². The van der Waals surface area contributed by atoms with Gasteiger partial charge in [0.1, 0.15) is 6.17 Å². The summed E-state index contributed by atoms with van der Waals surface area (Å²) >= 11 is 0. The third-order valence-corrected chi connectivity index (χ3v) is 4.78. The van der Waals surface area contributed by atoms with Crippen molar-refractivity contribution in [3.8, 4) is 11.5 Å². The van der Waals surface area contributed by atoms with Crippen molar-refractivity contribution in [2.75, 3.05) is 19.5 Å². The molecule has 1 fully saturated rings. The van der Waals surface area contributed by atoms with Crippen molar-refractivity contribution in [3.05, 3.63) is 53.6 Å². The number of nitrogens with zero attached hydrogens (tertiary/aromatic N) is 1. The summed E-state index contributed by atoms with van der Waals surface area (Å²) in [4.78, 5) is 26.2. The molecule has 0 saturated heterocycles. The predicted molar refractivity (Wildman–Crippen MR) is 96.3 cm³/mol. The van der Waals surface area contributed by atoms with Gasteiger partial charge in [0.2, 0.25) is 0 Å². The number of ether oxygens (including phenoxy) is 2. The third kappa shape index (κ3) is 2.87. The SMILES string of the molecule is COc1cc(C2Nc3ccccc3C(=O)N2C)ccc1OC(=O)C1CC1. The van der Waals surface area contributed by atoms with Crippen LogP contribution in [0.3, 0.4) is 0 Å². The number of carbonyl (C=O) groups is 2. The van der Waals surface area contributed by atoms with Crippen molar-refractivity contribution in [1.82, 2.24) is 4.90 Å². The van der Waals surface area contributed by atoms with Crippen LogP contribution in [0, 0.1) is 5.92 Å². The average Bonchev–Trinajstić information content (AvgIpc) is 3.50. The average molecular weight is 352 g/mol. The van der Waals surface area contributed by atoms with Gasteiger partial charge in [0, 0.05) is 12.7 Å². The highest BCUT2D eigenvalue weighted by atomic mass is 16.6. The van der Waals surface area contributed by atoms with Crippen LogP contribution in [0.5, 0.6) is 11.5 Å². The van der Waals surface area contributed by atoms with E-state index in [9.17, 15) is 9.59 Å². The van der Waals surface area contributed by atoms with Gasteiger partial charge in [0.25, 0.3) is 5.91 Å². The minimum absolute atomic E-state index is 0.0136. The van der Waals surface area contributed by atoms with E-state index in [1.165, 1.54) is 7.11 Å². The molecule has 1 saturated carbocycles. The maximum absolute atomic E-state index is 12.6. The van der Waals surface area contributed by atoms with Gasteiger partial charge in [-0.05, 0) is 42.7 Å². The fourth-order valence-corrected chi connectivity index (χ4v) is 3.10. The number of anilines is 1. The van der Waals surface area contributed by atoms with Crippen LogP contribution in [0.2, 0.25) is 0 Å². The number of hydrogen-bond acceptors (Lipinski definition) is 5. The fraction of sp³-hybridized carbons (Fsp3) is 0.300. The summed E-state index contributed by atoms with van der Waals surface area (Å²) in [6.45, 7) is 0. The van der Waals surface area contributed by atoms with E-state index in [2.05, 4.69) is 5.32 Å². The first-order chi connectivity index (χ1) is 12.6. The second kappa shape index (κ2) is 6.37. The molecule has 0 radical (unpaired) electrons. The van der Waals surface area contributed by atoms with Crippen LogP contribution < -0.4 is 14.8 Å². The monoisotopic (exact) mass is 352 g/mol. The molecule has 4 rings (SSSR count). The van der Waals surface area contributed by atoms with Gasteiger partial charge in [-0.1, -0.05) is 18.2 Å². The number of nitrogens with one attached hydrogen (secondary N) is 1. The van der Waals surface area contributed by atoms with E-state index in [4.69, 9.17) is 9.47 Å². The lowest BCUT2D eigenvalue weighted by molar-refractivity contribution is -0.135. The van der Waals surface area contributed by atoms with Crippen molar-refractivity contribution >= 4 is 17.6 Å². The maximum Gasteiger partial charge on any atom is 0.314 e. The van der Waals surface area contributed by atoms with E-state index < -0.39 is 0 Å². The quantitative estimate of drug-likeness (QED) is 0.676. The molecule has 1 N–H and O–H groups in total. The zero-order chi connectivity index (χ0) is 18.3. The van der Waals surface area contributed by atoms with Gasteiger partial charge in [-0.2, -0.15) is 0 Å². The second-order valence-electron chi connectivity index (χ2n) is 6.61. The first-order valence-corrected chi connectivity index (χ1v) is 8.61. The summed E-state index contributed by atoms with van der Waals surface area (Å²) in [6, 6.07) is 12.8. The number of esters is 1. The van der Waals surface area contributed by atoms with Crippen molar-refractivity contribution < 1.29 is 19.1 Å². The Bertz CT molecular complexity index is 876. The van der Waals surface area contributed by atoms with Crippen LogP contribution in [-0.2, 0) is 4.79 Å². The summed E-state index contributed by atoms with van der Waals surface area (Å²) in [5, 5.41) is 3.37. The minimum Gasteiger partial charge on any atom is -0.493 e. The molecule has 1 unspecified atom stereocenters. The molecule has 1 heterocycles. The highest BCUT2D eigenvalue weighted by Gasteiger charge is 2.33. The first-order valence-electron chi connectivity index (χ1n) is 8.61. The Labute approximate surface area is 151 Å². The van der Waals surface area contributed by atoms with Crippen LogP contribution in [0.25, 0.3) is 0 Å². The number of amides is 1. The summed E-state index contributed by atoms with van der Waals surface area (Å²) in [5.41, 5.74) is 2.29. The lowest BCUT2D eigenvalue weighted by atomic mass is 10.0. The first kappa shape index (κ1) is 16.4. The Balaban J connectivity index is 1.63. The molecule has 0 bridgehead atoms. The molecule has 1 atom stereocenters. The van der Waals surface area contributed by atoms with Crippen LogP contribution in [0.4, 0.5) is 5.69 Å². The smallest absolute Gasteiger partial charge is 0.314 e. The van der Waals surface area contributed by atoms with Gasteiger partial charge in [-0.3, -0.25) is 9.59 Å². The molecule has 0 aromatic heterocycles. The Morgan fingerprint density at radius 1 is 1.15 bits per heavy atom. The van der Waals surface area contributed by atoms with Gasteiger partial charge in [-0.15, -0.1) is 0 Å². The van der Waals surface area contributed by atoms with Crippen LogP contribution >= 0.6 is 0 Å². The molecule has 1 aliphatic carbocycles. The Hall–Kier alpha value is -3.02. The van der Waals surface area contributed by atoms with Gasteiger partial charge in [0.05, 0.1) is 18.6 Å². The fourth-order valence-electron chi connectivity index (χ4n) is 3.10. The molecule has 2 aromatic rings. The molecule has 1 aliphatic heterocycles. The maximum atomic E-state index is 12.6. The van der Waals surface area contributed by atoms with Crippen molar-refractivity contribution in [3.63, 3.8) is 0 Å². The van der Waals surface area contributed by atoms with Crippen molar-refractivity contribution in [2.24, 2.45) is 5.92 Å². The van der Waals surface area contributed by atoms with E-state index in [0.29, 0.717) is 17.1 Å². The van der Waals surface area contributed by atoms with Crippen molar-refractivity contribution in [1.29, 1.82) is 0 Å². The molecule has 2 aliphatic rings. The summed E-state index contributed by atoms with van der Waals surface area (Å²) < 4.78 is 10.8. The third-order valence-electron chi connectivity index (χ3n) is 4.78. The molecule has 2 aromatic carbocycles. The zero-order valence-electron chi connectivity index (χ0n) is 14.7. The predicted octanol–water partition coefficient (Wildman–Crippen LogP) is 3.21. The largest absolute Gasteiger partial charge is 0.493 e. The van der Waals surface area contributed by atoms with Crippen LogP contribution in [-0.4, -0.2) is 30.9 Å². The van der Waals surface area contributed by atoms with E-state index in [1.54, 1.807) is 30.1 Å². The Kier molecular flexibility index (Phi) is 4.03. The summed E-state index contributed by atoms with van der Waals surface area (Å²) in [5.74, 6) is 0.622. The summed E-state index contributed by atoms with van der Waals surface area (Å²) in [7, 11) is 3.29. The minimum atomic E-state index is -0.334. The Morgan fingerprint density at radius 2 is 1.92 bits per heavy atom. The molecular formula is C20H20N2O4. The highest BCUT2D eigenvalue weighted by Crippen LogP contribution is 2.37. The molecule has 6 heteroatoms. The second-order valence-corrected chi connectivity index (χ2v) is 6.61. The molecule has 1 amide bonds. The van der Waals surface area contributed by atoms with Gasteiger partial charge >= 0.3 is 5.97 Å². The molecule has 134 valence electrons. The zero-order valence-corrected chi connectivity index (χ0v) is 14.7. The molecular weight excluding hydrogens is 332 g/mol. The van der Waals surface area contributed by atoms with E-state index in [-0.39, 0.29) is 24.0 Å². The van der Waals surface area contributed by atoms with Crippen LogP contribution in [0.1, 0.15) is 34.9 Å². The number of benzene rings is 2. The summed E-state index contributed by atoms with van der Waals surface area (Å²) in [6.07, 6.45) is 1.44. The number of hydrogen-bond donors (Lipinski definition) is 1. The lowest BCUT2D eigenvalue weighted by Gasteiger charge is -2.35. The van der Waals surface area contributed by atoms with Crippen molar-refractivity contribution in [2.45, 2.75) is 19.0 Å². The normalized spacial score (nSPS) is 18.8. The molecule has 6 nitrogen and oxygen atoms in total. The van der Waals surface area contributed by atoms with E-state index in [0.717, 1.165) is 24.1 Å². The van der Waals surface area contributed by atoms with Gasteiger partial charge in [0.15, 0.2) is 11.5 Å². The Morgan fingerprint density at radius 3 is 2.65 bits per heavy atom. The van der Waals surface area contributed by atoms with Crippen LogP contribution in [0.15, 0.2) is 42.5 Å². The lowest BCUT2D eigenvalue weighted by Crippen LogP contribution is -2.40. The topological polar surface area (TPSA) is 67.9 Å². The molecule has 0 spiro atoms. The number of carbonyl (C=O) groups excluding carboxylic acids is 2. The standard InChI is InChI=1S/C20H20N2O4/c1-22-18(21-15-6-4-3-5-14(15)19(22)23)13-9-10-16(17(11-13)25-2)26-20(24)12-7-8-12/h3-6,9-12,18,21H,7-8H2,1-2H3. The molecule has 26 heavy (non-hydrogen) atoms. The van der Waals surface area contributed by atoms with Gasteiger partial charge < -0.3 is 19.7 Å². The highest BCUT2D eigenvalue weighted by molar-refractivity contribution is 6.01. The number of rotatable bonds is 4. The number of fused-ring (bicyclic) bond motifs is 1. The van der Waals surface area contributed by atoms with Gasteiger partial charge in [-0.25, -0.2) is 0 Å². The number of para-hydroxylation sites is 1. The number of methoxy groups -OCH3 is 1.